The predicted molar refractivity (Wildman–Crippen MR) is 111 cm³/mol. The van der Waals surface area contributed by atoms with Crippen molar-refractivity contribution in [1.82, 2.24) is 0 Å². The van der Waals surface area contributed by atoms with Gasteiger partial charge in [-0.15, -0.1) is 0 Å². The highest BCUT2D eigenvalue weighted by Crippen LogP contribution is 2.50. The average Bonchev–Trinajstić information content (AvgIpc) is 3.29. The standard InChI is InChI=1S/C24H30O5/c1-28-23(26)12-6-5-8-17-16-21-19(13-14-20(21)24(17)27)22(25)11-7-15-29-18-9-3-2-4-10-18/h2-4,8-11,19-21,25H,5-7,12-16H2,1H3/b17-8+,22-11+/t19-,20?,21?/m0/s1. The third-order valence-corrected chi connectivity index (χ3v) is 6.00. The molecule has 0 aliphatic heterocycles. The summed E-state index contributed by atoms with van der Waals surface area (Å²) in [6.07, 6.45) is 8.66. The van der Waals surface area contributed by atoms with E-state index in [1.165, 1.54) is 7.11 Å². The molecule has 3 rings (SSSR count). The number of ether oxygens (including phenoxy) is 2. The smallest absolute Gasteiger partial charge is 0.305 e. The number of hydrogen-bond acceptors (Lipinski definition) is 5. The first-order chi connectivity index (χ1) is 14.1. The Kier molecular flexibility index (Phi) is 7.50. The maximum Gasteiger partial charge on any atom is 0.305 e. The first-order valence-electron chi connectivity index (χ1n) is 10.5. The molecule has 0 amide bonds. The summed E-state index contributed by atoms with van der Waals surface area (Å²) >= 11 is 0. The summed E-state index contributed by atoms with van der Waals surface area (Å²) < 4.78 is 10.3. The number of aliphatic hydroxyl groups is 1. The molecule has 2 aliphatic rings. The molecule has 0 radical (unpaired) electrons. The van der Waals surface area contributed by atoms with Gasteiger partial charge in [0.1, 0.15) is 5.75 Å². The van der Waals surface area contributed by atoms with Crippen LogP contribution in [0.1, 0.15) is 44.9 Å². The number of unbranched alkanes of at least 4 members (excludes halogenated alkanes) is 1. The van der Waals surface area contributed by atoms with Crippen molar-refractivity contribution in [3.05, 3.63) is 53.8 Å². The van der Waals surface area contributed by atoms with E-state index in [2.05, 4.69) is 4.74 Å². The lowest BCUT2D eigenvalue weighted by atomic mass is 9.90. The van der Waals surface area contributed by atoms with Crippen LogP contribution in [0.25, 0.3) is 0 Å². The Morgan fingerprint density at radius 2 is 2.00 bits per heavy atom. The molecule has 0 heterocycles. The van der Waals surface area contributed by atoms with Crippen molar-refractivity contribution >= 4 is 11.8 Å². The van der Waals surface area contributed by atoms with E-state index >= 15 is 0 Å². The van der Waals surface area contributed by atoms with E-state index in [1.54, 1.807) is 0 Å². The van der Waals surface area contributed by atoms with Gasteiger partial charge in [0.2, 0.25) is 0 Å². The van der Waals surface area contributed by atoms with Crippen LogP contribution in [-0.4, -0.2) is 30.6 Å². The number of ketones is 1. The maximum atomic E-state index is 12.7. The number of esters is 1. The molecule has 1 aromatic rings. The van der Waals surface area contributed by atoms with E-state index in [1.807, 2.05) is 42.5 Å². The highest BCUT2D eigenvalue weighted by Gasteiger charge is 2.47. The van der Waals surface area contributed by atoms with Gasteiger partial charge in [0, 0.05) is 24.7 Å². The van der Waals surface area contributed by atoms with Crippen molar-refractivity contribution in [3.8, 4) is 5.75 Å². The molecule has 0 spiro atoms. The first kappa shape index (κ1) is 21.2. The number of benzene rings is 1. The minimum Gasteiger partial charge on any atom is -0.512 e. The molecule has 0 aromatic heterocycles. The number of rotatable bonds is 9. The Labute approximate surface area is 172 Å². The van der Waals surface area contributed by atoms with E-state index in [0.29, 0.717) is 38.0 Å². The fourth-order valence-electron chi connectivity index (χ4n) is 4.50. The van der Waals surface area contributed by atoms with Crippen molar-refractivity contribution < 1.29 is 24.2 Å². The number of allylic oxidation sites excluding steroid dienone is 3. The Morgan fingerprint density at radius 3 is 2.76 bits per heavy atom. The molecule has 1 N–H and O–H groups in total. The van der Waals surface area contributed by atoms with Crippen LogP contribution < -0.4 is 4.74 Å². The normalized spacial score (nSPS) is 25.3. The van der Waals surface area contributed by atoms with Gasteiger partial charge in [0.15, 0.2) is 5.78 Å². The lowest BCUT2D eigenvalue weighted by Crippen LogP contribution is -2.14. The van der Waals surface area contributed by atoms with Crippen LogP contribution in [0.15, 0.2) is 53.8 Å². The molecule has 0 saturated heterocycles. The molecule has 156 valence electrons. The predicted octanol–water partition coefficient (Wildman–Crippen LogP) is 4.78. The number of para-hydroxylation sites is 1. The fourth-order valence-corrected chi connectivity index (χ4v) is 4.50. The fraction of sp³-hybridized carbons (Fsp3) is 0.500. The summed E-state index contributed by atoms with van der Waals surface area (Å²) in [4.78, 5) is 23.9. The second-order valence-corrected chi connectivity index (χ2v) is 7.80. The second-order valence-electron chi connectivity index (χ2n) is 7.80. The number of fused-ring (bicyclic) bond motifs is 1. The van der Waals surface area contributed by atoms with Gasteiger partial charge in [-0.1, -0.05) is 24.3 Å². The molecule has 5 nitrogen and oxygen atoms in total. The Bertz CT molecular complexity index is 765. The summed E-state index contributed by atoms with van der Waals surface area (Å²) in [5.74, 6) is 1.52. The number of Topliss-reactive ketones (excluding diaryl/α,β-unsaturated/α-hetero) is 1. The highest BCUT2D eigenvalue weighted by molar-refractivity contribution is 6.00. The van der Waals surface area contributed by atoms with Crippen LogP contribution in [0.4, 0.5) is 0 Å². The summed E-state index contributed by atoms with van der Waals surface area (Å²) in [5, 5.41) is 10.6. The van der Waals surface area contributed by atoms with Crippen molar-refractivity contribution in [2.75, 3.05) is 13.7 Å². The molecule has 5 heteroatoms. The SMILES string of the molecule is COC(=O)CCC/C=C1\CC2C(CC[C@@H]2/C(O)=C\CCOc2ccccc2)C1=O. The molecule has 0 bridgehead atoms. The Morgan fingerprint density at radius 1 is 1.21 bits per heavy atom. The Balaban J connectivity index is 1.49. The summed E-state index contributed by atoms with van der Waals surface area (Å²) in [6.45, 7) is 0.513. The maximum absolute atomic E-state index is 12.7. The van der Waals surface area contributed by atoms with Crippen molar-refractivity contribution in [2.45, 2.75) is 44.9 Å². The summed E-state index contributed by atoms with van der Waals surface area (Å²) in [5.41, 5.74) is 0.870. The van der Waals surface area contributed by atoms with Gasteiger partial charge in [0.05, 0.1) is 19.5 Å². The van der Waals surface area contributed by atoms with Crippen molar-refractivity contribution in [1.29, 1.82) is 0 Å². The second kappa shape index (κ2) is 10.3. The quantitative estimate of drug-likeness (QED) is 0.280. The van der Waals surface area contributed by atoms with E-state index in [9.17, 15) is 14.7 Å². The third kappa shape index (κ3) is 5.49. The number of aliphatic hydroxyl groups excluding tert-OH is 1. The lowest BCUT2D eigenvalue weighted by molar-refractivity contribution is -0.140. The molecular formula is C24H30O5. The molecular weight excluding hydrogens is 368 g/mol. The monoisotopic (exact) mass is 398 g/mol. The van der Waals surface area contributed by atoms with Crippen LogP contribution in [0.3, 0.4) is 0 Å². The minimum absolute atomic E-state index is 0.0305. The van der Waals surface area contributed by atoms with Gasteiger partial charge in [-0.2, -0.15) is 0 Å². The number of carbonyl (C=O) groups excluding carboxylic acids is 2. The van der Waals surface area contributed by atoms with Crippen LogP contribution in [0.5, 0.6) is 5.75 Å². The zero-order valence-electron chi connectivity index (χ0n) is 17.0. The Hall–Kier alpha value is -2.56. The zero-order valence-corrected chi connectivity index (χ0v) is 17.0. The molecule has 2 fully saturated rings. The molecule has 2 saturated carbocycles. The molecule has 1 aromatic carbocycles. The van der Waals surface area contributed by atoms with Gasteiger partial charge in [0.25, 0.3) is 0 Å². The highest BCUT2D eigenvalue weighted by atomic mass is 16.5. The van der Waals surface area contributed by atoms with E-state index < -0.39 is 0 Å². The average molecular weight is 398 g/mol. The number of hydrogen-bond donors (Lipinski definition) is 1. The van der Waals surface area contributed by atoms with E-state index in [-0.39, 0.29) is 29.5 Å². The van der Waals surface area contributed by atoms with Crippen LogP contribution in [0, 0.1) is 17.8 Å². The summed E-state index contributed by atoms with van der Waals surface area (Å²) in [6, 6.07) is 9.63. The van der Waals surface area contributed by atoms with Gasteiger partial charge < -0.3 is 14.6 Å². The van der Waals surface area contributed by atoms with Gasteiger partial charge in [-0.05, 0) is 61.8 Å². The molecule has 2 unspecified atom stereocenters. The van der Waals surface area contributed by atoms with Crippen LogP contribution in [0.2, 0.25) is 0 Å². The molecule has 2 aliphatic carbocycles. The van der Waals surface area contributed by atoms with Crippen molar-refractivity contribution in [3.63, 3.8) is 0 Å². The molecule has 3 atom stereocenters. The van der Waals surface area contributed by atoms with Gasteiger partial charge in [-0.3, -0.25) is 9.59 Å². The topological polar surface area (TPSA) is 72.8 Å². The van der Waals surface area contributed by atoms with Crippen LogP contribution in [-0.2, 0) is 14.3 Å². The third-order valence-electron chi connectivity index (χ3n) is 6.00. The van der Waals surface area contributed by atoms with Gasteiger partial charge >= 0.3 is 5.97 Å². The molecule has 29 heavy (non-hydrogen) atoms. The van der Waals surface area contributed by atoms with Crippen molar-refractivity contribution in [2.24, 2.45) is 17.8 Å². The summed E-state index contributed by atoms with van der Waals surface area (Å²) in [7, 11) is 1.39. The van der Waals surface area contributed by atoms with Crippen LogP contribution >= 0.6 is 0 Å². The number of carbonyl (C=O) groups is 2. The number of methoxy groups -OCH3 is 1. The van der Waals surface area contributed by atoms with E-state index in [4.69, 9.17) is 4.74 Å². The first-order valence-corrected chi connectivity index (χ1v) is 10.5. The zero-order chi connectivity index (χ0) is 20.6. The van der Waals surface area contributed by atoms with E-state index in [0.717, 1.165) is 30.6 Å². The van der Waals surface area contributed by atoms with Gasteiger partial charge in [-0.25, -0.2) is 0 Å². The largest absolute Gasteiger partial charge is 0.512 e. The lowest BCUT2D eigenvalue weighted by Gasteiger charge is -2.17. The minimum atomic E-state index is -0.218.